The Balaban J connectivity index is 2.32. The Morgan fingerprint density at radius 1 is 1.28 bits per heavy atom. The molecule has 0 saturated heterocycles. The van der Waals surface area contributed by atoms with Crippen molar-refractivity contribution in [2.24, 2.45) is 17.1 Å². The number of alkyl halides is 3. The molecular formula is C13H15F4N. The van der Waals surface area contributed by atoms with Crippen molar-refractivity contribution in [3.8, 4) is 0 Å². The molecule has 1 fully saturated rings. The molecule has 0 bridgehead atoms. The van der Waals surface area contributed by atoms with Crippen molar-refractivity contribution in [1.82, 2.24) is 0 Å². The molecule has 2 N–H and O–H groups in total. The summed E-state index contributed by atoms with van der Waals surface area (Å²) in [6, 6.07) is 3.16. The van der Waals surface area contributed by atoms with Crippen LogP contribution in [-0.4, -0.2) is 6.54 Å². The normalized spacial score (nSPS) is 26.2. The average molecular weight is 261 g/mol. The minimum absolute atomic E-state index is 0.0410. The third kappa shape index (κ3) is 2.00. The van der Waals surface area contributed by atoms with Crippen LogP contribution in [0.4, 0.5) is 17.6 Å². The molecule has 2 rings (SSSR count). The standard InChI is InChI=1S/C13H15F4N/c1-12(2)9(6-18)11(12)7-3-4-8(10(14)5-7)13(15,16)17/h3-5,9,11H,6,18H2,1-2H3. The summed E-state index contributed by atoms with van der Waals surface area (Å²) in [6.07, 6.45) is -4.64. The molecular weight excluding hydrogens is 246 g/mol. The zero-order valence-electron chi connectivity index (χ0n) is 10.2. The molecule has 5 heteroatoms. The Morgan fingerprint density at radius 3 is 2.28 bits per heavy atom. The minimum Gasteiger partial charge on any atom is -0.330 e. The quantitative estimate of drug-likeness (QED) is 0.809. The van der Waals surface area contributed by atoms with Gasteiger partial charge in [-0.15, -0.1) is 0 Å². The second kappa shape index (κ2) is 3.95. The number of halogens is 4. The summed E-state index contributed by atoms with van der Waals surface area (Å²) in [5, 5.41) is 0. The van der Waals surface area contributed by atoms with Gasteiger partial charge in [-0.25, -0.2) is 4.39 Å². The van der Waals surface area contributed by atoms with Crippen LogP contribution in [0.2, 0.25) is 0 Å². The van der Waals surface area contributed by atoms with Gasteiger partial charge in [0.05, 0.1) is 5.56 Å². The summed E-state index contributed by atoms with van der Waals surface area (Å²) < 4.78 is 50.8. The predicted molar refractivity (Wildman–Crippen MR) is 60.5 cm³/mol. The van der Waals surface area contributed by atoms with E-state index in [1.54, 1.807) is 0 Å². The Kier molecular flexibility index (Phi) is 2.93. The lowest BCUT2D eigenvalue weighted by atomic mass is 10.0. The van der Waals surface area contributed by atoms with Crippen LogP contribution < -0.4 is 5.73 Å². The summed E-state index contributed by atoms with van der Waals surface area (Å²) >= 11 is 0. The highest BCUT2D eigenvalue weighted by molar-refractivity contribution is 5.35. The van der Waals surface area contributed by atoms with E-state index < -0.39 is 17.6 Å². The number of hydrogen-bond acceptors (Lipinski definition) is 1. The number of benzene rings is 1. The second-order valence-electron chi connectivity index (χ2n) is 5.38. The summed E-state index contributed by atoms with van der Waals surface area (Å²) in [7, 11) is 0. The van der Waals surface area contributed by atoms with Crippen LogP contribution in [0.5, 0.6) is 0 Å². The van der Waals surface area contributed by atoms with Crippen molar-refractivity contribution in [3.05, 3.63) is 35.1 Å². The number of rotatable bonds is 2. The molecule has 1 aromatic rings. The monoisotopic (exact) mass is 261 g/mol. The fourth-order valence-corrected chi connectivity index (χ4v) is 2.80. The van der Waals surface area contributed by atoms with Crippen molar-refractivity contribution in [2.75, 3.05) is 6.54 Å². The molecule has 2 atom stereocenters. The van der Waals surface area contributed by atoms with Crippen LogP contribution in [0.25, 0.3) is 0 Å². The number of nitrogens with two attached hydrogens (primary N) is 1. The van der Waals surface area contributed by atoms with Crippen LogP contribution >= 0.6 is 0 Å². The molecule has 1 aliphatic rings. The molecule has 0 radical (unpaired) electrons. The molecule has 0 aromatic heterocycles. The first kappa shape index (κ1) is 13.3. The van der Waals surface area contributed by atoms with Crippen LogP contribution in [0.1, 0.15) is 30.9 Å². The largest absolute Gasteiger partial charge is 0.419 e. The van der Waals surface area contributed by atoms with E-state index in [2.05, 4.69) is 0 Å². The van der Waals surface area contributed by atoms with E-state index in [9.17, 15) is 17.6 Å². The molecule has 18 heavy (non-hydrogen) atoms. The van der Waals surface area contributed by atoms with E-state index in [1.165, 1.54) is 6.07 Å². The summed E-state index contributed by atoms with van der Waals surface area (Å²) in [6.45, 7) is 4.44. The maximum absolute atomic E-state index is 13.5. The molecule has 2 unspecified atom stereocenters. The highest BCUT2D eigenvalue weighted by Crippen LogP contribution is 2.63. The Labute approximate surface area is 103 Å². The summed E-state index contributed by atoms with van der Waals surface area (Å²) in [4.78, 5) is 0. The predicted octanol–water partition coefficient (Wildman–Crippen LogP) is 3.54. The molecule has 1 aromatic carbocycles. The third-order valence-electron chi connectivity index (χ3n) is 3.96. The molecule has 100 valence electrons. The van der Waals surface area contributed by atoms with Gasteiger partial charge in [0, 0.05) is 0 Å². The van der Waals surface area contributed by atoms with E-state index in [-0.39, 0.29) is 17.3 Å². The van der Waals surface area contributed by atoms with E-state index in [4.69, 9.17) is 5.73 Å². The lowest BCUT2D eigenvalue weighted by molar-refractivity contribution is -0.140. The van der Waals surface area contributed by atoms with Crippen molar-refractivity contribution >= 4 is 0 Å². The highest BCUT2D eigenvalue weighted by Gasteiger charge is 2.57. The fourth-order valence-electron chi connectivity index (χ4n) is 2.80. The summed E-state index contributed by atoms with van der Waals surface area (Å²) in [5.74, 6) is -0.966. The third-order valence-corrected chi connectivity index (χ3v) is 3.96. The molecule has 0 amide bonds. The zero-order valence-corrected chi connectivity index (χ0v) is 10.2. The zero-order chi connectivity index (χ0) is 13.7. The van der Waals surface area contributed by atoms with Crippen molar-refractivity contribution in [2.45, 2.75) is 25.9 Å². The van der Waals surface area contributed by atoms with Gasteiger partial charge in [0.15, 0.2) is 0 Å². The maximum Gasteiger partial charge on any atom is 0.419 e. The van der Waals surface area contributed by atoms with Gasteiger partial charge in [-0.2, -0.15) is 13.2 Å². The van der Waals surface area contributed by atoms with Gasteiger partial charge < -0.3 is 5.73 Å². The maximum atomic E-state index is 13.5. The Morgan fingerprint density at radius 2 is 1.89 bits per heavy atom. The first-order valence-corrected chi connectivity index (χ1v) is 5.76. The van der Waals surface area contributed by atoms with Crippen LogP contribution in [0.3, 0.4) is 0 Å². The molecule has 1 nitrogen and oxygen atoms in total. The second-order valence-corrected chi connectivity index (χ2v) is 5.38. The van der Waals surface area contributed by atoms with Crippen molar-refractivity contribution in [3.63, 3.8) is 0 Å². The van der Waals surface area contributed by atoms with Crippen LogP contribution in [-0.2, 0) is 6.18 Å². The lowest BCUT2D eigenvalue weighted by Crippen LogP contribution is -2.08. The molecule has 0 heterocycles. The van der Waals surface area contributed by atoms with E-state index in [1.807, 2.05) is 13.8 Å². The fraction of sp³-hybridized carbons (Fsp3) is 0.538. The van der Waals surface area contributed by atoms with Gasteiger partial charge in [-0.3, -0.25) is 0 Å². The van der Waals surface area contributed by atoms with Gasteiger partial charge in [0.2, 0.25) is 0 Å². The van der Waals surface area contributed by atoms with Crippen molar-refractivity contribution in [1.29, 1.82) is 0 Å². The van der Waals surface area contributed by atoms with E-state index in [0.717, 1.165) is 12.1 Å². The average Bonchev–Trinajstić information content (AvgIpc) is 2.78. The van der Waals surface area contributed by atoms with Gasteiger partial charge in [0.1, 0.15) is 5.82 Å². The molecule has 0 aliphatic heterocycles. The molecule has 1 saturated carbocycles. The molecule has 1 aliphatic carbocycles. The van der Waals surface area contributed by atoms with Crippen LogP contribution in [0.15, 0.2) is 18.2 Å². The topological polar surface area (TPSA) is 26.0 Å². The van der Waals surface area contributed by atoms with E-state index in [0.29, 0.717) is 12.1 Å². The van der Waals surface area contributed by atoms with Gasteiger partial charge in [-0.1, -0.05) is 19.9 Å². The lowest BCUT2D eigenvalue weighted by Gasteiger charge is -2.10. The van der Waals surface area contributed by atoms with Gasteiger partial charge in [0.25, 0.3) is 0 Å². The Hall–Kier alpha value is -1.10. The van der Waals surface area contributed by atoms with Gasteiger partial charge >= 0.3 is 6.18 Å². The smallest absolute Gasteiger partial charge is 0.330 e. The highest BCUT2D eigenvalue weighted by atomic mass is 19.4. The van der Waals surface area contributed by atoms with E-state index >= 15 is 0 Å². The SMILES string of the molecule is CC1(C)C(CN)C1c1ccc(C(F)(F)F)c(F)c1. The van der Waals surface area contributed by atoms with Crippen molar-refractivity contribution < 1.29 is 17.6 Å². The minimum atomic E-state index is -4.64. The first-order chi connectivity index (χ1) is 8.19. The van der Waals surface area contributed by atoms with Gasteiger partial charge in [-0.05, 0) is 41.5 Å². The first-order valence-electron chi connectivity index (χ1n) is 5.76. The molecule has 0 spiro atoms. The summed E-state index contributed by atoms with van der Waals surface area (Å²) in [5.41, 5.74) is 4.92. The number of hydrogen-bond donors (Lipinski definition) is 1. The van der Waals surface area contributed by atoms with Crippen LogP contribution in [0, 0.1) is 17.2 Å². The Bertz CT molecular complexity index is 465.